The summed E-state index contributed by atoms with van der Waals surface area (Å²) in [5.41, 5.74) is 0.914. The maximum Gasteiger partial charge on any atom is 0.346 e. The first kappa shape index (κ1) is 11.4. The molecule has 0 saturated heterocycles. The molecule has 1 heterocycles. The number of hydrogen-bond donors (Lipinski definition) is 1. The van der Waals surface area contributed by atoms with E-state index in [0.717, 1.165) is 28.5 Å². The van der Waals surface area contributed by atoms with Crippen molar-refractivity contribution >= 4 is 39.0 Å². The molecule has 1 N–H and O–H groups in total. The number of aryl methyl sites for hydroxylation is 1. The lowest BCUT2D eigenvalue weighted by Gasteiger charge is -1.99. The zero-order chi connectivity index (χ0) is 11.7. The fourth-order valence-electron chi connectivity index (χ4n) is 1.79. The van der Waals surface area contributed by atoms with Crippen molar-refractivity contribution in [1.82, 2.24) is 0 Å². The minimum atomic E-state index is -0.847. The smallest absolute Gasteiger partial charge is 0.346 e. The molecular formula is C12H11ClO2S. The highest BCUT2D eigenvalue weighted by Gasteiger charge is 2.16. The Balaban J connectivity index is 2.71. The highest BCUT2D eigenvalue weighted by atomic mass is 35.5. The zero-order valence-electron chi connectivity index (χ0n) is 8.79. The van der Waals surface area contributed by atoms with Crippen molar-refractivity contribution in [2.24, 2.45) is 0 Å². The summed E-state index contributed by atoms with van der Waals surface area (Å²) in [4.78, 5) is 11.6. The minimum Gasteiger partial charge on any atom is -0.477 e. The Bertz CT molecular complexity index is 545. The van der Waals surface area contributed by atoms with Gasteiger partial charge in [0.1, 0.15) is 4.88 Å². The van der Waals surface area contributed by atoms with Crippen LogP contribution in [0.1, 0.15) is 28.6 Å². The Morgan fingerprint density at radius 3 is 2.88 bits per heavy atom. The summed E-state index contributed by atoms with van der Waals surface area (Å²) in [7, 11) is 0. The second-order valence-electron chi connectivity index (χ2n) is 3.61. The topological polar surface area (TPSA) is 37.3 Å². The molecule has 2 aromatic rings. The number of benzene rings is 1. The van der Waals surface area contributed by atoms with E-state index in [4.69, 9.17) is 16.7 Å². The molecule has 1 aromatic heterocycles. The maximum absolute atomic E-state index is 11.1. The van der Waals surface area contributed by atoms with Crippen LogP contribution in [-0.2, 0) is 6.42 Å². The van der Waals surface area contributed by atoms with Gasteiger partial charge in [-0.05, 0) is 35.6 Å². The molecular weight excluding hydrogens is 244 g/mol. The van der Waals surface area contributed by atoms with Crippen molar-refractivity contribution in [2.45, 2.75) is 19.8 Å². The molecule has 1 aromatic carbocycles. The molecule has 16 heavy (non-hydrogen) atoms. The van der Waals surface area contributed by atoms with Crippen LogP contribution in [0.4, 0.5) is 0 Å². The van der Waals surface area contributed by atoms with Crippen molar-refractivity contribution in [3.63, 3.8) is 0 Å². The summed E-state index contributed by atoms with van der Waals surface area (Å²) in [6.07, 6.45) is 1.71. The van der Waals surface area contributed by atoms with Crippen LogP contribution >= 0.6 is 22.9 Å². The Morgan fingerprint density at radius 2 is 2.25 bits per heavy atom. The summed E-state index contributed by atoms with van der Waals surface area (Å²) >= 11 is 7.26. The molecule has 0 amide bonds. The van der Waals surface area contributed by atoms with Gasteiger partial charge in [0.15, 0.2) is 0 Å². The summed E-state index contributed by atoms with van der Waals surface area (Å²) in [6.45, 7) is 2.04. The number of carbonyl (C=O) groups is 1. The van der Waals surface area contributed by atoms with Crippen LogP contribution in [0, 0.1) is 0 Å². The average Bonchev–Trinajstić information content (AvgIpc) is 2.58. The van der Waals surface area contributed by atoms with Gasteiger partial charge in [0.2, 0.25) is 0 Å². The molecule has 0 aliphatic heterocycles. The number of carboxylic acids is 1. The molecule has 4 heteroatoms. The van der Waals surface area contributed by atoms with Gasteiger partial charge in [0.25, 0.3) is 0 Å². The summed E-state index contributed by atoms with van der Waals surface area (Å²) < 4.78 is 0.991. The first-order valence-electron chi connectivity index (χ1n) is 5.07. The largest absolute Gasteiger partial charge is 0.477 e. The second kappa shape index (κ2) is 4.44. The van der Waals surface area contributed by atoms with Crippen LogP contribution in [0.25, 0.3) is 10.1 Å². The van der Waals surface area contributed by atoms with Crippen LogP contribution in [-0.4, -0.2) is 11.1 Å². The molecule has 0 aliphatic carbocycles. The van der Waals surface area contributed by atoms with Crippen LogP contribution < -0.4 is 0 Å². The number of rotatable bonds is 3. The molecule has 84 valence electrons. The Hall–Kier alpha value is -1.06. The van der Waals surface area contributed by atoms with Crippen molar-refractivity contribution < 1.29 is 9.90 Å². The van der Waals surface area contributed by atoms with Crippen LogP contribution in [0.2, 0.25) is 5.02 Å². The minimum absolute atomic E-state index is 0.444. The summed E-state index contributed by atoms with van der Waals surface area (Å²) in [5, 5.41) is 10.8. The van der Waals surface area contributed by atoms with E-state index in [9.17, 15) is 4.79 Å². The highest BCUT2D eigenvalue weighted by molar-refractivity contribution is 7.21. The molecule has 2 rings (SSSR count). The summed E-state index contributed by atoms with van der Waals surface area (Å²) in [5.74, 6) is -0.847. The standard InChI is InChI=1S/C12H11ClO2S/c1-2-3-8-9-6-7(13)4-5-10(9)16-11(8)12(14)15/h4-6H,2-3H2,1H3,(H,14,15). The first-order valence-corrected chi connectivity index (χ1v) is 6.27. The maximum atomic E-state index is 11.1. The predicted molar refractivity (Wildman–Crippen MR) is 67.8 cm³/mol. The fraction of sp³-hybridized carbons (Fsp3) is 0.250. The van der Waals surface area contributed by atoms with Crippen molar-refractivity contribution in [3.8, 4) is 0 Å². The number of thiophene rings is 1. The van der Waals surface area contributed by atoms with E-state index in [1.165, 1.54) is 11.3 Å². The SMILES string of the molecule is CCCc1c(C(=O)O)sc2ccc(Cl)cc12. The van der Waals surface area contributed by atoms with E-state index in [2.05, 4.69) is 0 Å². The van der Waals surface area contributed by atoms with E-state index in [1.54, 1.807) is 6.07 Å². The van der Waals surface area contributed by atoms with Gasteiger partial charge in [-0.2, -0.15) is 0 Å². The lowest BCUT2D eigenvalue weighted by Crippen LogP contribution is -1.97. The number of hydrogen-bond acceptors (Lipinski definition) is 2. The highest BCUT2D eigenvalue weighted by Crippen LogP contribution is 2.34. The van der Waals surface area contributed by atoms with Gasteiger partial charge in [-0.1, -0.05) is 24.9 Å². The van der Waals surface area contributed by atoms with Gasteiger partial charge in [-0.3, -0.25) is 0 Å². The third kappa shape index (κ3) is 1.93. The number of fused-ring (bicyclic) bond motifs is 1. The van der Waals surface area contributed by atoms with Gasteiger partial charge in [-0.15, -0.1) is 11.3 Å². The van der Waals surface area contributed by atoms with Crippen LogP contribution in [0.15, 0.2) is 18.2 Å². The fourth-order valence-corrected chi connectivity index (χ4v) is 3.03. The van der Waals surface area contributed by atoms with E-state index < -0.39 is 5.97 Å². The van der Waals surface area contributed by atoms with Crippen LogP contribution in [0.5, 0.6) is 0 Å². The van der Waals surface area contributed by atoms with E-state index in [1.807, 2.05) is 19.1 Å². The first-order chi connectivity index (χ1) is 7.63. The number of carboxylic acid groups (broad SMARTS) is 1. The third-order valence-electron chi connectivity index (χ3n) is 2.45. The van der Waals surface area contributed by atoms with Crippen molar-refractivity contribution in [2.75, 3.05) is 0 Å². The van der Waals surface area contributed by atoms with Gasteiger partial charge in [0, 0.05) is 9.72 Å². The molecule has 2 nitrogen and oxygen atoms in total. The lowest BCUT2D eigenvalue weighted by atomic mass is 10.1. The van der Waals surface area contributed by atoms with Gasteiger partial charge in [-0.25, -0.2) is 4.79 Å². The lowest BCUT2D eigenvalue weighted by molar-refractivity contribution is 0.0701. The number of aromatic carboxylic acids is 1. The molecule has 0 saturated carbocycles. The molecule has 0 radical (unpaired) electrons. The van der Waals surface area contributed by atoms with Gasteiger partial charge in [0.05, 0.1) is 0 Å². The monoisotopic (exact) mass is 254 g/mol. The second-order valence-corrected chi connectivity index (χ2v) is 5.09. The Labute approximate surface area is 102 Å². The molecule has 0 fully saturated rings. The molecule has 0 bridgehead atoms. The van der Waals surface area contributed by atoms with Gasteiger partial charge < -0.3 is 5.11 Å². The number of halogens is 1. The normalized spacial score (nSPS) is 10.9. The molecule has 0 spiro atoms. The Morgan fingerprint density at radius 1 is 1.50 bits per heavy atom. The van der Waals surface area contributed by atoms with E-state index in [-0.39, 0.29) is 0 Å². The summed E-state index contributed by atoms with van der Waals surface area (Å²) in [6, 6.07) is 5.53. The molecule has 0 aliphatic rings. The molecule has 0 atom stereocenters. The van der Waals surface area contributed by atoms with E-state index in [0.29, 0.717) is 9.90 Å². The quantitative estimate of drug-likeness (QED) is 0.891. The van der Waals surface area contributed by atoms with Crippen molar-refractivity contribution in [3.05, 3.63) is 33.7 Å². The van der Waals surface area contributed by atoms with E-state index >= 15 is 0 Å². The third-order valence-corrected chi connectivity index (χ3v) is 3.88. The zero-order valence-corrected chi connectivity index (χ0v) is 10.4. The van der Waals surface area contributed by atoms with Crippen LogP contribution in [0.3, 0.4) is 0 Å². The van der Waals surface area contributed by atoms with Gasteiger partial charge >= 0.3 is 5.97 Å². The average molecular weight is 255 g/mol. The predicted octanol–water partition coefficient (Wildman–Crippen LogP) is 4.21. The molecule has 0 unspecified atom stereocenters. The Kier molecular flexibility index (Phi) is 3.17. The van der Waals surface area contributed by atoms with Crippen molar-refractivity contribution in [1.29, 1.82) is 0 Å².